The zero-order chi connectivity index (χ0) is 11.2. The van der Waals surface area contributed by atoms with Gasteiger partial charge in [-0.25, -0.2) is 14.2 Å². The third-order valence-electron chi connectivity index (χ3n) is 2.32. The van der Waals surface area contributed by atoms with E-state index in [1.54, 1.807) is 13.8 Å². The molecule has 0 amide bonds. The summed E-state index contributed by atoms with van der Waals surface area (Å²) in [5.41, 5.74) is 0.979. The summed E-state index contributed by atoms with van der Waals surface area (Å²) in [5, 5.41) is 8.75. The highest BCUT2D eigenvalue weighted by Gasteiger charge is 2.14. The Hall–Kier alpha value is -1.91. The van der Waals surface area contributed by atoms with E-state index in [1.165, 1.54) is 10.5 Å². The molecule has 0 spiro atoms. The Morgan fingerprint density at radius 2 is 2.20 bits per heavy atom. The van der Waals surface area contributed by atoms with Crippen molar-refractivity contribution < 1.29 is 14.3 Å². The second kappa shape index (κ2) is 3.05. The second-order valence-electron chi connectivity index (χ2n) is 3.34. The van der Waals surface area contributed by atoms with E-state index in [2.05, 4.69) is 4.98 Å². The van der Waals surface area contributed by atoms with Gasteiger partial charge >= 0.3 is 5.97 Å². The van der Waals surface area contributed by atoms with Gasteiger partial charge in [0.05, 0.1) is 16.8 Å². The van der Waals surface area contributed by atoms with Gasteiger partial charge in [-0.05, 0) is 19.9 Å². The van der Waals surface area contributed by atoms with Crippen molar-refractivity contribution in [3.8, 4) is 0 Å². The summed E-state index contributed by atoms with van der Waals surface area (Å²) in [4.78, 5) is 14.8. The Balaban J connectivity index is 2.85. The molecule has 15 heavy (non-hydrogen) atoms. The van der Waals surface area contributed by atoms with Crippen LogP contribution in [0.5, 0.6) is 0 Å². The van der Waals surface area contributed by atoms with Crippen LogP contribution in [0.2, 0.25) is 0 Å². The Labute approximate surface area is 85.0 Å². The first-order chi connectivity index (χ1) is 7.00. The van der Waals surface area contributed by atoms with E-state index in [1.807, 2.05) is 0 Å². The van der Waals surface area contributed by atoms with Gasteiger partial charge in [0.15, 0.2) is 5.82 Å². The van der Waals surface area contributed by atoms with Crippen LogP contribution in [0.15, 0.2) is 12.3 Å². The number of nitrogens with zero attached hydrogens (tertiary/aromatic N) is 2. The number of aryl methyl sites for hydroxylation is 2. The molecule has 2 aromatic heterocycles. The van der Waals surface area contributed by atoms with Crippen molar-refractivity contribution in [1.29, 1.82) is 0 Å². The number of carboxylic acids is 1. The van der Waals surface area contributed by atoms with E-state index in [0.717, 1.165) is 6.20 Å². The van der Waals surface area contributed by atoms with Crippen molar-refractivity contribution in [2.75, 3.05) is 0 Å². The van der Waals surface area contributed by atoms with Crippen LogP contribution in [0, 0.1) is 19.7 Å². The van der Waals surface area contributed by atoms with Crippen LogP contribution in [0.4, 0.5) is 4.39 Å². The number of imidazole rings is 1. The number of halogens is 1. The van der Waals surface area contributed by atoms with Crippen LogP contribution in [0.1, 0.15) is 21.9 Å². The highest BCUT2D eigenvalue weighted by atomic mass is 19.1. The minimum Gasteiger partial charge on any atom is -0.478 e. The third kappa shape index (κ3) is 1.36. The van der Waals surface area contributed by atoms with Crippen LogP contribution < -0.4 is 0 Å². The van der Waals surface area contributed by atoms with Gasteiger partial charge in [-0.1, -0.05) is 0 Å². The molecule has 2 aromatic rings. The molecule has 0 saturated carbocycles. The van der Waals surface area contributed by atoms with Crippen molar-refractivity contribution in [3.63, 3.8) is 0 Å². The Kier molecular flexibility index (Phi) is 1.96. The van der Waals surface area contributed by atoms with E-state index in [9.17, 15) is 9.18 Å². The van der Waals surface area contributed by atoms with Crippen LogP contribution in [-0.2, 0) is 0 Å². The maximum absolute atomic E-state index is 13.3. The lowest BCUT2D eigenvalue weighted by molar-refractivity contribution is 0.0692. The number of fused-ring (bicyclic) bond motifs is 1. The summed E-state index contributed by atoms with van der Waals surface area (Å²) in [6, 6.07) is 1.30. The molecule has 0 aliphatic heterocycles. The predicted molar refractivity (Wildman–Crippen MR) is 51.6 cm³/mol. The van der Waals surface area contributed by atoms with Gasteiger partial charge < -0.3 is 9.51 Å². The molecule has 1 N–H and O–H groups in total. The highest BCUT2D eigenvalue weighted by molar-refractivity contribution is 5.89. The lowest BCUT2D eigenvalue weighted by Gasteiger charge is -2.01. The molecule has 0 bridgehead atoms. The topological polar surface area (TPSA) is 54.6 Å². The zero-order valence-electron chi connectivity index (χ0n) is 8.28. The number of carbonyl (C=O) groups is 1. The number of aromatic nitrogens is 2. The first kappa shape index (κ1) is 9.64. The zero-order valence-corrected chi connectivity index (χ0v) is 8.28. The van der Waals surface area contributed by atoms with E-state index >= 15 is 0 Å². The fourth-order valence-corrected chi connectivity index (χ4v) is 1.59. The molecule has 4 nitrogen and oxygen atoms in total. The molecule has 2 heterocycles. The SMILES string of the molecule is Cc1nc(C)n2cc(F)c(C(=O)O)cc12. The number of rotatable bonds is 1. The Bertz CT molecular complexity index is 560. The smallest absolute Gasteiger partial charge is 0.338 e. The van der Waals surface area contributed by atoms with Crippen molar-refractivity contribution in [1.82, 2.24) is 9.38 Å². The lowest BCUT2D eigenvalue weighted by Crippen LogP contribution is -2.03. The highest BCUT2D eigenvalue weighted by Crippen LogP contribution is 2.16. The normalized spacial score (nSPS) is 10.9. The third-order valence-corrected chi connectivity index (χ3v) is 2.32. The van der Waals surface area contributed by atoms with Crippen LogP contribution >= 0.6 is 0 Å². The fraction of sp³-hybridized carbons (Fsp3) is 0.200. The quantitative estimate of drug-likeness (QED) is 0.777. The maximum Gasteiger partial charge on any atom is 0.338 e. The molecular formula is C10H9FN2O2. The lowest BCUT2D eigenvalue weighted by atomic mass is 10.2. The van der Waals surface area contributed by atoms with Gasteiger partial charge in [-0.15, -0.1) is 0 Å². The summed E-state index contributed by atoms with van der Waals surface area (Å²) >= 11 is 0. The van der Waals surface area contributed by atoms with Crippen LogP contribution in [-0.4, -0.2) is 20.5 Å². The number of hydrogen-bond acceptors (Lipinski definition) is 2. The van der Waals surface area contributed by atoms with E-state index in [4.69, 9.17) is 5.11 Å². The molecular weight excluding hydrogens is 199 g/mol. The van der Waals surface area contributed by atoms with Crippen LogP contribution in [0.25, 0.3) is 5.52 Å². The first-order valence-electron chi connectivity index (χ1n) is 4.39. The average molecular weight is 208 g/mol. The predicted octanol–water partition coefficient (Wildman–Crippen LogP) is 1.79. The summed E-state index contributed by atoms with van der Waals surface area (Å²) < 4.78 is 14.9. The molecule has 0 unspecified atom stereocenters. The van der Waals surface area contributed by atoms with Gasteiger partial charge in [-0.3, -0.25) is 0 Å². The number of hydrogen-bond donors (Lipinski definition) is 1. The molecule has 0 aliphatic rings. The molecule has 0 fully saturated rings. The van der Waals surface area contributed by atoms with E-state index in [-0.39, 0.29) is 5.56 Å². The molecule has 5 heteroatoms. The maximum atomic E-state index is 13.3. The van der Waals surface area contributed by atoms with Crippen molar-refractivity contribution >= 4 is 11.5 Å². The minimum absolute atomic E-state index is 0.328. The monoisotopic (exact) mass is 208 g/mol. The first-order valence-corrected chi connectivity index (χ1v) is 4.39. The van der Waals surface area contributed by atoms with E-state index < -0.39 is 11.8 Å². The molecule has 78 valence electrons. The second-order valence-corrected chi connectivity index (χ2v) is 3.34. The van der Waals surface area contributed by atoms with Gasteiger partial charge in [0, 0.05) is 6.20 Å². The van der Waals surface area contributed by atoms with E-state index in [0.29, 0.717) is 17.0 Å². The van der Waals surface area contributed by atoms with Crippen molar-refractivity contribution in [3.05, 3.63) is 35.2 Å². The largest absolute Gasteiger partial charge is 0.478 e. The summed E-state index contributed by atoms with van der Waals surface area (Å²) in [6.07, 6.45) is 1.15. The molecule has 2 rings (SSSR count). The number of pyridine rings is 1. The number of carboxylic acid groups (broad SMARTS) is 1. The van der Waals surface area contributed by atoms with Gasteiger partial charge in [0.1, 0.15) is 5.82 Å². The van der Waals surface area contributed by atoms with Gasteiger partial charge in [0.2, 0.25) is 0 Å². The van der Waals surface area contributed by atoms with Gasteiger partial charge in [0.25, 0.3) is 0 Å². The molecule has 0 saturated heterocycles. The fourth-order valence-electron chi connectivity index (χ4n) is 1.59. The standard InChI is InChI=1S/C10H9FN2O2/c1-5-9-3-7(10(14)15)8(11)4-13(9)6(2)12-5/h3-4H,1-2H3,(H,14,15). The Morgan fingerprint density at radius 3 is 2.80 bits per heavy atom. The van der Waals surface area contributed by atoms with Crippen molar-refractivity contribution in [2.24, 2.45) is 0 Å². The summed E-state index contributed by atoms with van der Waals surface area (Å²) in [5.74, 6) is -1.39. The molecule has 0 aromatic carbocycles. The summed E-state index contributed by atoms with van der Waals surface area (Å²) in [6.45, 7) is 3.49. The van der Waals surface area contributed by atoms with Crippen molar-refractivity contribution in [2.45, 2.75) is 13.8 Å². The summed E-state index contributed by atoms with van der Waals surface area (Å²) in [7, 11) is 0. The minimum atomic E-state index is -1.27. The number of aromatic carboxylic acids is 1. The average Bonchev–Trinajstić information content (AvgIpc) is 2.41. The Morgan fingerprint density at radius 1 is 1.53 bits per heavy atom. The van der Waals surface area contributed by atoms with Crippen LogP contribution in [0.3, 0.4) is 0 Å². The van der Waals surface area contributed by atoms with Gasteiger partial charge in [-0.2, -0.15) is 0 Å². The molecule has 0 atom stereocenters. The molecule has 0 aliphatic carbocycles. The molecule has 0 radical (unpaired) electrons.